The quantitative estimate of drug-likeness (QED) is 0.574. The third-order valence-corrected chi connectivity index (χ3v) is 4.32. The molecule has 1 aromatic carbocycles. The molecular weight excluding hydrogens is 306 g/mol. The van der Waals surface area contributed by atoms with Crippen molar-refractivity contribution in [1.29, 1.82) is 0 Å². The number of fused-ring (bicyclic) bond motifs is 5. The number of benzene rings is 1. The van der Waals surface area contributed by atoms with E-state index in [-0.39, 0.29) is 0 Å². The van der Waals surface area contributed by atoms with Gasteiger partial charge in [-0.25, -0.2) is 14.6 Å². The fraction of sp³-hybridized carbons (Fsp3) is 0.353. The molecule has 24 heavy (non-hydrogen) atoms. The zero-order chi connectivity index (χ0) is 16.7. The van der Waals surface area contributed by atoms with Gasteiger partial charge in [0.05, 0.1) is 43.7 Å². The summed E-state index contributed by atoms with van der Waals surface area (Å²) < 4.78 is 14.6. The van der Waals surface area contributed by atoms with Crippen molar-refractivity contribution in [2.75, 3.05) is 20.8 Å². The summed E-state index contributed by atoms with van der Waals surface area (Å²) >= 11 is 0. The Labute approximate surface area is 139 Å². The van der Waals surface area contributed by atoms with Crippen LogP contribution in [0.3, 0.4) is 0 Å². The fourth-order valence-electron chi connectivity index (χ4n) is 3.03. The van der Waals surface area contributed by atoms with E-state index in [1.54, 1.807) is 14.2 Å². The van der Waals surface area contributed by atoms with E-state index in [0.29, 0.717) is 19.6 Å². The first-order chi connectivity index (χ1) is 11.7. The molecule has 0 bridgehead atoms. The normalized spacial score (nSPS) is 12.3. The molecule has 0 amide bonds. The Kier molecular flexibility index (Phi) is 3.57. The van der Waals surface area contributed by atoms with E-state index in [4.69, 9.17) is 14.5 Å². The minimum atomic E-state index is 0.603. The van der Waals surface area contributed by atoms with Crippen LogP contribution in [0.2, 0.25) is 0 Å². The summed E-state index contributed by atoms with van der Waals surface area (Å²) in [5.74, 6) is 2.42. The average Bonchev–Trinajstić information content (AvgIpc) is 3.14. The standard InChI is InChI=1S/C17H19N5O2/c1-11-15-9-22-17(19-16(20-22)6-7-23-2)13-8-12(24-3)4-5-14(13)21(15)10-18-11/h4-5,8,10H,6-7,9H2,1-3H3. The summed E-state index contributed by atoms with van der Waals surface area (Å²) in [6, 6.07) is 5.99. The summed E-state index contributed by atoms with van der Waals surface area (Å²) in [6.07, 6.45) is 2.54. The largest absolute Gasteiger partial charge is 0.497 e. The smallest absolute Gasteiger partial charge is 0.161 e. The number of rotatable bonds is 4. The predicted molar refractivity (Wildman–Crippen MR) is 88.6 cm³/mol. The molecule has 0 unspecified atom stereocenters. The molecule has 2 aromatic heterocycles. The Morgan fingerprint density at radius 1 is 1.25 bits per heavy atom. The zero-order valence-corrected chi connectivity index (χ0v) is 14.0. The Hall–Kier alpha value is -2.67. The van der Waals surface area contributed by atoms with Crippen molar-refractivity contribution in [1.82, 2.24) is 24.3 Å². The molecule has 0 fully saturated rings. The van der Waals surface area contributed by atoms with Crippen LogP contribution in [0.1, 0.15) is 17.2 Å². The third kappa shape index (κ3) is 2.28. The second-order valence-electron chi connectivity index (χ2n) is 5.78. The molecular formula is C17H19N5O2. The molecule has 124 valence electrons. The number of methoxy groups -OCH3 is 2. The Bertz CT molecular complexity index is 897. The van der Waals surface area contributed by atoms with E-state index >= 15 is 0 Å². The molecule has 1 aliphatic heterocycles. The van der Waals surface area contributed by atoms with Crippen molar-refractivity contribution in [2.24, 2.45) is 0 Å². The first-order valence-electron chi connectivity index (χ1n) is 7.85. The van der Waals surface area contributed by atoms with Gasteiger partial charge in [0.25, 0.3) is 0 Å². The van der Waals surface area contributed by atoms with Gasteiger partial charge in [0.1, 0.15) is 5.75 Å². The molecule has 1 aliphatic rings. The first-order valence-corrected chi connectivity index (χ1v) is 7.85. The van der Waals surface area contributed by atoms with E-state index in [9.17, 15) is 0 Å². The molecule has 7 heteroatoms. The van der Waals surface area contributed by atoms with Crippen molar-refractivity contribution >= 4 is 0 Å². The maximum atomic E-state index is 5.40. The molecule has 4 rings (SSSR count). The van der Waals surface area contributed by atoms with Crippen LogP contribution in [-0.2, 0) is 17.7 Å². The molecule has 0 saturated heterocycles. The lowest BCUT2D eigenvalue weighted by Crippen LogP contribution is -2.06. The molecule has 3 aromatic rings. The van der Waals surface area contributed by atoms with Gasteiger partial charge in [-0.3, -0.25) is 0 Å². The number of imidazole rings is 1. The van der Waals surface area contributed by atoms with Crippen LogP contribution >= 0.6 is 0 Å². The molecule has 3 heterocycles. The number of ether oxygens (including phenoxy) is 2. The van der Waals surface area contributed by atoms with Gasteiger partial charge in [0, 0.05) is 19.1 Å². The van der Waals surface area contributed by atoms with Crippen LogP contribution in [0.5, 0.6) is 5.75 Å². The highest BCUT2D eigenvalue weighted by Crippen LogP contribution is 2.34. The van der Waals surface area contributed by atoms with Gasteiger partial charge in [0.2, 0.25) is 0 Å². The van der Waals surface area contributed by atoms with Crippen LogP contribution in [0.15, 0.2) is 24.5 Å². The molecule has 0 atom stereocenters. The van der Waals surface area contributed by atoms with Crippen molar-refractivity contribution in [2.45, 2.75) is 19.9 Å². The van der Waals surface area contributed by atoms with E-state index in [1.807, 2.05) is 36.1 Å². The minimum absolute atomic E-state index is 0.603. The number of hydrogen-bond acceptors (Lipinski definition) is 5. The van der Waals surface area contributed by atoms with Crippen LogP contribution in [0.25, 0.3) is 17.1 Å². The predicted octanol–water partition coefficient (Wildman–Crippen LogP) is 2.00. The van der Waals surface area contributed by atoms with Gasteiger partial charge in [-0.1, -0.05) is 0 Å². The van der Waals surface area contributed by atoms with Gasteiger partial charge < -0.3 is 14.0 Å². The summed E-state index contributed by atoms with van der Waals surface area (Å²) in [7, 11) is 3.35. The monoisotopic (exact) mass is 325 g/mol. The van der Waals surface area contributed by atoms with E-state index in [2.05, 4.69) is 14.6 Å². The lowest BCUT2D eigenvalue weighted by atomic mass is 10.1. The van der Waals surface area contributed by atoms with Crippen molar-refractivity contribution in [3.63, 3.8) is 0 Å². The minimum Gasteiger partial charge on any atom is -0.497 e. The zero-order valence-electron chi connectivity index (χ0n) is 14.0. The van der Waals surface area contributed by atoms with Gasteiger partial charge in [-0.2, -0.15) is 5.10 Å². The summed E-state index contributed by atoms with van der Waals surface area (Å²) in [4.78, 5) is 9.20. The molecule has 0 spiro atoms. The second kappa shape index (κ2) is 5.76. The van der Waals surface area contributed by atoms with Crippen LogP contribution in [0.4, 0.5) is 0 Å². The van der Waals surface area contributed by atoms with Gasteiger partial charge >= 0.3 is 0 Å². The highest BCUT2D eigenvalue weighted by Gasteiger charge is 2.24. The van der Waals surface area contributed by atoms with Gasteiger partial charge in [0.15, 0.2) is 11.6 Å². The number of nitrogens with zero attached hydrogens (tertiary/aromatic N) is 5. The Morgan fingerprint density at radius 2 is 2.12 bits per heavy atom. The van der Waals surface area contributed by atoms with Crippen molar-refractivity contribution < 1.29 is 9.47 Å². The third-order valence-electron chi connectivity index (χ3n) is 4.32. The molecule has 7 nitrogen and oxygen atoms in total. The summed E-state index contributed by atoms with van der Waals surface area (Å²) in [5.41, 5.74) is 4.14. The maximum absolute atomic E-state index is 5.40. The average molecular weight is 325 g/mol. The van der Waals surface area contributed by atoms with E-state index < -0.39 is 0 Å². The van der Waals surface area contributed by atoms with Crippen molar-refractivity contribution in [3.05, 3.63) is 41.7 Å². The molecule has 0 N–H and O–H groups in total. The van der Waals surface area contributed by atoms with Crippen molar-refractivity contribution in [3.8, 4) is 22.8 Å². The topological polar surface area (TPSA) is 67.0 Å². The number of hydrogen-bond donors (Lipinski definition) is 0. The summed E-state index contributed by atoms with van der Waals surface area (Å²) in [6.45, 7) is 3.26. The van der Waals surface area contributed by atoms with E-state index in [0.717, 1.165) is 40.0 Å². The number of aromatic nitrogens is 5. The van der Waals surface area contributed by atoms with Gasteiger partial charge in [-0.15, -0.1) is 0 Å². The SMILES string of the molecule is COCCc1nc2n(n1)Cc1c(C)ncn1-c1ccc(OC)cc1-2. The van der Waals surface area contributed by atoms with Crippen LogP contribution < -0.4 is 4.74 Å². The first kappa shape index (κ1) is 14.9. The Balaban J connectivity index is 1.92. The van der Waals surface area contributed by atoms with Gasteiger partial charge in [-0.05, 0) is 25.1 Å². The number of aryl methyl sites for hydroxylation is 1. The van der Waals surface area contributed by atoms with E-state index in [1.165, 1.54) is 0 Å². The van der Waals surface area contributed by atoms with Crippen LogP contribution in [-0.4, -0.2) is 45.1 Å². The molecule has 0 aliphatic carbocycles. The lowest BCUT2D eigenvalue weighted by Gasteiger charge is -2.10. The molecule has 0 radical (unpaired) electrons. The second-order valence-corrected chi connectivity index (χ2v) is 5.78. The highest BCUT2D eigenvalue weighted by molar-refractivity contribution is 5.71. The van der Waals surface area contributed by atoms with Crippen LogP contribution in [0, 0.1) is 6.92 Å². The fourth-order valence-corrected chi connectivity index (χ4v) is 3.03. The maximum Gasteiger partial charge on any atom is 0.161 e. The molecule has 0 saturated carbocycles. The highest BCUT2D eigenvalue weighted by atomic mass is 16.5. The Morgan fingerprint density at radius 3 is 2.92 bits per heavy atom. The summed E-state index contributed by atoms with van der Waals surface area (Å²) in [5, 5.41) is 4.67. The lowest BCUT2D eigenvalue weighted by molar-refractivity contribution is 0.200.